The van der Waals surface area contributed by atoms with Crippen molar-refractivity contribution >= 4 is 39.0 Å². The summed E-state index contributed by atoms with van der Waals surface area (Å²) >= 11 is 3.63. The zero-order valence-electron chi connectivity index (χ0n) is 12.3. The van der Waals surface area contributed by atoms with Crippen molar-refractivity contribution in [3.05, 3.63) is 16.8 Å². The van der Waals surface area contributed by atoms with E-state index >= 15 is 0 Å². The Morgan fingerprint density at radius 2 is 2.38 bits per heavy atom. The highest BCUT2D eigenvalue weighted by molar-refractivity contribution is 7.99. The molecule has 0 aromatic carbocycles. The highest BCUT2D eigenvalue weighted by atomic mass is 32.2. The van der Waals surface area contributed by atoms with Crippen LogP contribution in [0.1, 0.15) is 37.1 Å². The number of rotatable bonds is 3. The number of aryl methyl sites for hydroxylation is 1. The first kappa shape index (κ1) is 13.5. The predicted octanol–water partition coefficient (Wildman–Crippen LogP) is 3.97. The molecule has 1 atom stereocenters. The van der Waals surface area contributed by atoms with Crippen LogP contribution < -0.4 is 0 Å². The fraction of sp³-hybridized carbons (Fsp3) is 0.533. The highest BCUT2D eigenvalue weighted by Gasteiger charge is 2.24. The van der Waals surface area contributed by atoms with Gasteiger partial charge in [-0.3, -0.25) is 0 Å². The summed E-state index contributed by atoms with van der Waals surface area (Å²) in [6.07, 6.45) is 6.43. The molecule has 4 nitrogen and oxygen atoms in total. The van der Waals surface area contributed by atoms with E-state index in [-0.39, 0.29) is 0 Å². The smallest absolute Gasteiger partial charge is 0.192 e. The van der Waals surface area contributed by atoms with Crippen LogP contribution in [-0.2, 0) is 12.8 Å². The maximum atomic E-state index is 4.89. The van der Waals surface area contributed by atoms with E-state index in [9.17, 15) is 0 Å². The molecule has 0 saturated heterocycles. The van der Waals surface area contributed by atoms with E-state index in [1.807, 2.05) is 15.9 Å². The summed E-state index contributed by atoms with van der Waals surface area (Å²) in [6, 6.07) is 0. The summed E-state index contributed by atoms with van der Waals surface area (Å²) in [5, 5.41) is 6.62. The van der Waals surface area contributed by atoms with Crippen LogP contribution in [0.25, 0.3) is 15.9 Å². The minimum Gasteiger partial charge on any atom is -0.214 e. The van der Waals surface area contributed by atoms with Crippen LogP contribution in [0.2, 0.25) is 0 Å². The first-order valence-electron chi connectivity index (χ1n) is 7.54. The lowest BCUT2D eigenvalue weighted by Gasteiger charge is -2.17. The Morgan fingerprint density at radius 3 is 3.24 bits per heavy atom. The van der Waals surface area contributed by atoms with Gasteiger partial charge in [0, 0.05) is 10.6 Å². The molecule has 0 unspecified atom stereocenters. The van der Waals surface area contributed by atoms with Gasteiger partial charge in [-0.15, -0.1) is 11.3 Å². The Balaban J connectivity index is 1.97. The van der Waals surface area contributed by atoms with Crippen LogP contribution in [-0.4, -0.2) is 25.3 Å². The number of nitrogens with zero attached hydrogens (tertiary/aromatic N) is 4. The van der Waals surface area contributed by atoms with Crippen LogP contribution >= 0.6 is 23.1 Å². The van der Waals surface area contributed by atoms with Gasteiger partial charge in [0.15, 0.2) is 10.8 Å². The van der Waals surface area contributed by atoms with Crippen LogP contribution in [0.15, 0.2) is 11.5 Å². The molecule has 3 aromatic heterocycles. The SMILES string of the molecule is CCCSc1nc2sc3c(c2c2ncnn12)C[C@@H](C)CC3. The molecule has 0 radical (unpaired) electrons. The molecule has 3 heterocycles. The van der Waals surface area contributed by atoms with Gasteiger partial charge in [0.25, 0.3) is 0 Å². The summed E-state index contributed by atoms with van der Waals surface area (Å²) in [7, 11) is 0. The maximum Gasteiger partial charge on any atom is 0.192 e. The Hall–Kier alpha value is -1.14. The number of thiophene rings is 1. The van der Waals surface area contributed by atoms with Crippen LogP contribution in [0.5, 0.6) is 0 Å². The molecule has 1 aliphatic carbocycles. The molecule has 0 fully saturated rings. The van der Waals surface area contributed by atoms with Crippen LogP contribution in [0, 0.1) is 5.92 Å². The molecule has 0 saturated carbocycles. The topological polar surface area (TPSA) is 43.1 Å². The van der Waals surface area contributed by atoms with Gasteiger partial charge < -0.3 is 0 Å². The number of hydrogen-bond donors (Lipinski definition) is 0. The molecule has 0 bridgehead atoms. The van der Waals surface area contributed by atoms with Crippen molar-refractivity contribution in [2.45, 2.75) is 44.7 Å². The summed E-state index contributed by atoms with van der Waals surface area (Å²) in [5.74, 6) is 1.82. The van der Waals surface area contributed by atoms with Gasteiger partial charge in [-0.1, -0.05) is 25.6 Å². The van der Waals surface area contributed by atoms with E-state index < -0.39 is 0 Å². The highest BCUT2D eigenvalue weighted by Crippen LogP contribution is 2.39. The van der Waals surface area contributed by atoms with Gasteiger partial charge in [-0.05, 0) is 37.2 Å². The molecule has 110 valence electrons. The number of hydrogen-bond acceptors (Lipinski definition) is 5. The molecule has 0 aliphatic heterocycles. The normalized spacial score (nSPS) is 18.5. The standard InChI is InChI=1S/C15H18N4S2/c1-3-6-20-15-18-14-12(13-16-8-17-19(13)15)10-7-9(2)4-5-11(10)21-14/h8-9H,3-7H2,1-2H3/t9-/m0/s1. The van der Waals surface area contributed by atoms with Crippen molar-refractivity contribution in [1.82, 2.24) is 19.6 Å². The zero-order valence-corrected chi connectivity index (χ0v) is 13.9. The molecular weight excluding hydrogens is 300 g/mol. The molecule has 6 heteroatoms. The predicted molar refractivity (Wildman–Crippen MR) is 88.4 cm³/mol. The average Bonchev–Trinajstić information content (AvgIpc) is 3.07. The Labute approximate surface area is 132 Å². The van der Waals surface area contributed by atoms with Crippen molar-refractivity contribution in [3.63, 3.8) is 0 Å². The summed E-state index contributed by atoms with van der Waals surface area (Å²) < 4.78 is 1.93. The van der Waals surface area contributed by atoms with E-state index in [4.69, 9.17) is 4.98 Å². The van der Waals surface area contributed by atoms with Crippen LogP contribution in [0.3, 0.4) is 0 Å². The molecular formula is C15H18N4S2. The monoisotopic (exact) mass is 318 g/mol. The lowest BCUT2D eigenvalue weighted by atomic mass is 9.89. The second-order valence-corrected chi connectivity index (χ2v) is 7.92. The van der Waals surface area contributed by atoms with Crippen molar-refractivity contribution in [2.24, 2.45) is 5.92 Å². The van der Waals surface area contributed by atoms with E-state index in [2.05, 4.69) is 23.9 Å². The summed E-state index contributed by atoms with van der Waals surface area (Å²) in [5.41, 5.74) is 2.47. The van der Waals surface area contributed by atoms with E-state index in [0.717, 1.165) is 40.1 Å². The molecule has 0 spiro atoms. The Morgan fingerprint density at radius 1 is 1.48 bits per heavy atom. The lowest BCUT2D eigenvalue weighted by molar-refractivity contribution is 0.508. The second-order valence-electron chi connectivity index (χ2n) is 5.77. The summed E-state index contributed by atoms with van der Waals surface area (Å²) in [6.45, 7) is 4.53. The zero-order chi connectivity index (χ0) is 14.4. The average molecular weight is 318 g/mol. The molecule has 4 rings (SSSR count). The van der Waals surface area contributed by atoms with Crippen molar-refractivity contribution in [3.8, 4) is 0 Å². The molecule has 0 N–H and O–H groups in total. The van der Waals surface area contributed by atoms with Crippen molar-refractivity contribution in [1.29, 1.82) is 0 Å². The van der Waals surface area contributed by atoms with E-state index in [0.29, 0.717) is 0 Å². The number of aromatic nitrogens is 4. The van der Waals surface area contributed by atoms with Gasteiger partial charge in [0.1, 0.15) is 11.2 Å². The second kappa shape index (κ2) is 5.25. The van der Waals surface area contributed by atoms with Gasteiger partial charge >= 0.3 is 0 Å². The molecule has 21 heavy (non-hydrogen) atoms. The third-order valence-corrected chi connectivity index (χ3v) is 6.39. The minimum atomic E-state index is 0.757. The number of thioether (sulfide) groups is 1. The molecule has 3 aromatic rings. The Bertz CT molecular complexity index is 805. The first-order valence-corrected chi connectivity index (χ1v) is 9.35. The van der Waals surface area contributed by atoms with E-state index in [1.165, 1.54) is 28.7 Å². The molecule has 1 aliphatic rings. The van der Waals surface area contributed by atoms with Gasteiger partial charge in [0.2, 0.25) is 0 Å². The van der Waals surface area contributed by atoms with Crippen LogP contribution in [0.4, 0.5) is 0 Å². The summed E-state index contributed by atoms with van der Waals surface area (Å²) in [4.78, 5) is 12.1. The van der Waals surface area contributed by atoms with Gasteiger partial charge in [-0.25, -0.2) is 9.97 Å². The quantitative estimate of drug-likeness (QED) is 0.541. The van der Waals surface area contributed by atoms with Gasteiger partial charge in [-0.2, -0.15) is 9.61 Å². The number of fused-ring (bicyclic) bond motifs is 5. The fourth-order valence-corrected chi connectivity index (χ4v) is 5.09. The molecule has 0 amide bonds. The Kier molecular flexibility index (Phi) is 3.38. The third kappa shape index (κ3) is 2.16. The van der Waals surface area contributed by atoms with Crippen molar-refractivity contribution in [2.75, 3.05) is 5.75 Å². The van der Waals surface area contributed by atoms with Crippen molar-refractivity contribution < 1.29 is 0 Å². The largest absolute Gasteiger partial charge is 0.214 e. The third-order valence-electron chi connectivity index (χ3n) is 4.07. The maximum absolute atomic E-state index is 4.89. The lowest BCUT2D eigenvalue weighted by Crippen LogP contribution is -2.09. The van der Waals surface area contributed by atoms with Gasteiger partial charge in [0.05, 0.1) is 5.39 Å². The fourth-order valence-electron chi connectivity index (χ4n) is 3.03. The first-order chi connectivity index (χ1) is 10.3. The minimum absolute atomic E-state index is 0.757. The van der Waals surface area contributed by atoms with E-state index in [1.54, 1.807) is 18.1 Å².